The zero-order chi connectivity index (χ0) is 14.5. The second-order valence-electron chi connectivity index (χ2n) is 2.34. The molecule has 13 heavy (non-hydrogen) atoms. The molecule has 0 fully saturated rings. The van der Waals surface area contributed by atoms with Crippen LogP contribution in [0.3, 0.4) is 0 Å². The van der Waals surface area contributed by atoms with Crippen LogP contribution in [0.2, 0.25) is 0 Å². The highest BCUT2D eigenvalue weighted by Crippen LogP contribution is 1.97. The summed E-state index contributed by atoms with van der Waals surface area (Å²) in [5.74, 6) is 0. The van der Waals surface area contributed by atoms with Gasteiger partial charge in [0.25, 0.3) is 5.56 Å². The van der Waals surface area contributed by atoms with Gasteiger partial charge in [0.05, 0.1) is 6.30 Å². The minimum atomic E-state index is -2.94. The van der Waals surface area contributed by atoms with E-state index in [-0.39, 0.29) is 9.13 Å². The van der Waals surface area contributed by atoms with Crippen LogP contribution in [-0.4, -0.2) is 19.1 Å². The number of imidazole rings is 1. The minimum Gasteiger partial charge on any atom is -0.339 e. The summed E-state index contributed by atoms with van der Waals surface area (Å²) in [6.45, 7) is -4.95. The summed E-state index contributed by atoms with van der Waals surface area (Å²) >= 11 is 0. The molecule has 0 unspecified atom stereocenters. The minimum absolute atomic E-state index is 0.159. The summed E-state index contributed by atoms with van der Waals surface area (Å²) < 4.78 is 43.7. The topological polar surface area (TPSA) is 72.7 Å². The highest BCUT2D eigenvalue weighted by molar-refractivity contribution is 5.68. The lowest BCUT2D eigenvalue weighted by atomic mass is 10.5. The number of aryl methyl sites for hydroxylation is 1. The van der Waals surface area contributed by atoms with E-state index in [0.717, 1.165) is 0 Å². The summed E-state index contributed by atoms with van der Waals surface area (Å²) in [5, 5.41) is 0. The number of hydrogen-bond donors (Lipinski definition) is 1. The van der Waals surface area contributed by atoms with Gasteiger partial charge in [-0.25, -0.2) is 9.78 Å². The molecular formula is C7H8N4O2. The maximum Gasteiger partial charge on any atom is 0.332 e. The molecule has 0 aliphatic rings. The van der Waals surface area contributed by atoms with Crippen LogP contribution in [0, 0.1) is 0 Å². The lowest BCUT2D eigenvalue weighted by Crippen LogP contribution is -2.36. The lowest BCUT2D eigenvalue weighted by molar-refractivity contribution is 0.709. The molecule has 0 saturated carbocycles. The van der Waals surface area contributed by atoms with E-state index in [1.54, 1.807) is 0 Å². The van der Waals surface area contributed by atoms with Crippen molar-refractivity contribution in [2.24, 2.45) is 14.0 Å². The van der Waals surface area contributed by atoms with Crippen molar-refractivity contribution in [1.82, 2.24) is 19.1 Å². The third kappa shape index (κ3) is 0.851. The van der Waals surface area contributed by atoms with Crippen LogP contribution < -0.4 is 11.2 Å². The molecule has 0 spiro atoms. The highest BCUT2D eigenvalue weighted by Gasteiger charge is 2.08. The molecular weight excluding hydrogens is 172 g/mol. The standard InChI is InChI=1S/C7H8N4O2/c1-10-5-4(8-3-9-5)6(12)11(2)7(10)13/h3H,1-2H3,(H,8,9)/i1D3,2D2,3D. The van der Waals surface area contributed by atoms with Gasteiger partial charge in [-0.05, 0) is 0 Å². The van der Waals surface area contributed by atoms with Crippen molar-refractivity contribution < 1.29 is 8.22 Å². The van der Waals surface area contributed by atoms with Gasteiger partial charge in [0, 0.05) is 20.8 Å². The largest absolute Gasteiger partial charge is 0.339 e. The smallest absolute Gasteiger partial charge is 0.332 e. The number of fused-ring (bicyclic) bond motifs is 1. The summed E-state index contributed by atoms with van der Waals surface area (Å²) in [7, 11) is 0. The fraction of sp³-hybridized carbons (Fsp3) is 0.286. The number of H-pyrrole nitrogens is 1. The van der Waals surface area contributed by atoms with Gasteiger partial charge in [0.1, 0.15) is 6.89 Å². The van der Waals surface area contributed by atoms with Crippen molar-refractivity contribution in [2.45, 2.75) is 0 Å². The summed E-state index contributed by atoms with van der Waals surface area (Å²) in [6, 6.07) is 0. The van der Waals surface area contributed by atoms with Crippen molar-refractivity contribution >= 4 is 11.2 Å². The second-order valence-corrected chi connectivity index (χ2v) is 2.34. The Morgan fingerprint density at radius 3 is 3.15 bits per heavy atom. The molecule has 2 heterocycles. The summed E-state index contributed by atoms with van der Waals surface area (Å²) in [6.07, 6.45) is -0.492. The van der Waals surface area contributed by atoms with E-state index in [2.05, 4.69) is 9.97 Å². The molecule has 2 aromatic heterocycles. The molecule has 68 valence electrons. The number of rotatable bonds is 0. The third-order valence-corrected chi connectivity index (χ3v) is 1.61. The van der Waals surface area contributed by atoms with Gasteiger partial charge in [0.2, 0.25) is 0 Å². The lowest BCUT2D eigenvalue weighted by Gasteiger charge is -2.00. The van der Waals surface area contributed by atoms with Crippen LogP contribution in [0.15, 0.2) is 15.9 Å². The van der Waals surface area contributed by atoms with Gasteiger partial charge in [-0.3, -0.25) is 13.9 Å². The van der Waals surface area contributed by atoms with Crippen LogP contribution >= 0.6 is 0 Å². The summed E-state index contributed by atoms with van der Waals surface area (Å²) in [5.41, 5.74) is -3.28. The summed E-state index contributed by atoms with van der Waals surface area (Å²) in [4.78, 5) is 29.5. The quantitative estimate of drug-likeness (QED) is 0.571. The first-order valence-electron chi connectivity index (χ1n) is 6.39. The monoisotopic (exact) mass is 186 g/mol. The predicted octanol–water partition coefficient (Wildman–Crippen LogP) is -1.04. The van der Waals surface area contributed by atoms with Crippen molar-refractivity contribution in [1.29, 1.82) is 0 Å². The molecule has 6 heteroatoms. The van der Waals surface area contributed by atoms with Crippen LogP contribution in [0.4, 0.5) is 0 Å². The Morgan fingerprint density at radius 2 is 2.46 bits per heavy atom. The first-order valence-corrected chi connectivity index (χ1v) is 3.23. The maximum atomic E-state index is 11.9. The zero-order valence-electron chi connectivity index (χ0n) is 12.2. The maximum absolute atomic E-state index is 11.9. The van der Waals surface area contributed by atoms with Gasteiger partial charge in [0.15, 0.2) is 5.65 Å². The normalized spacial score (nSPS) is 18.8. The van der Waals surface area contributed by atoms with Crippen LogP contribution in [0.5, 0.6) is 0 Å². The van der Waals surface area contributed by atoms with Gasteiger partial charge in [-0.2, -0.15) is 0 Å². The Bertz CT molecular complexity index is 754. The van der Waals surface area contributed by atoms with Crippen molar-refractivity contribution in [2.75, 3.05) is 0 Å². The van der Waals surface area contributed by atoms with Crippen molar-refractivity contribution in [3.8, 4) is 0 Å². The van der Waals surface area contributed by atoms with E-state index < -0.39 is 42.7 Å². The molecule has 0 aliphatic carbocycles. The van der Waals surface area contributed by atoms with Gasteiger partial charge in [-0.1, -0.05) is 0 Å². The Kier molecular flexibility index (Phi) is 0.622. The molecule has 6 nitrogen and oxygen atoms in total. The first kappa shape index (κ1) is 3.49. The second kappa shape index (κ2) is 2.32. The van der Waals surface area contributed by atoms with Gasteiger partial charge >= 0.3 is 5.69 Å². The van der Waals surface area contributed by atoms with E-state index in [0.29, 0.717) is 0 Å². The number of nitrogens with zero attached hydrogens (tertiary/aromatic N) is 3. The van der Waals surface area contributed by atoms with Gasteiger partial charge < -0.3 is 4.98 Å². The molecule has 0 aliphatic heterocycles. The van der Waals surface area contributed by atoms with E-state index in [4.69, 9.17) is 8.22 Å². The van der Waals surface area contributed by atoms with Crippen LogP contribution in [0.25, 0.3) is 11.2 Å². The zero-order valence-corrected chi connectivity index (χ0v) is 6.24. The predicted molar refractivity (Wildman–Crippen MR) is 46.6 cm³/mol. The molecule has 0 aromatic carbocycles. The number of hydrogen-bond acceptors (Lipinski definition) is 3. The Morgan fingerprint density at radius 1 is 1.62 bits per heavy atom. The SMILES string of the molecule is [2H]c1nc2c([nH]1)c(=O)n(C([2H])[2H])c(=O)n2C([2H])([2H])[2H]. The molecule has 0 bridgehead atoms. The molecule has 0 radical (unpaired) electrons. The Labute approximate surface area is 80.9 Å². The molecule has 1 N–H and O–H groups in total. The average molecular weight is 186 g/mol. The fourth-order valence-electron chi connectivity index (χ4n) is 0.965. The van der Waals surface area contributed by atoms with Crippen LogP contribution in [0.1, 0.15) is 8.22 Å². The third-order valence-electron chi connectivity index (χ3n) is 1.61. The van der Waals surface area contributed by atoms with Crippen molar-refractivity contribution in [3.05, 3.63) is 27.1 Å². The number of aromatic nitrogens is 4. The molecule has 0 atom stereocenters. The van der Waals surface area contributed by atoms with E-state index in [1.807, 2.05) is 0 Å². The van der Waals surface area contributed by atoms with Gasteiger partial charge in [-0.15, -0.1) is 0 Å². The number of aromatic amines is 1. The highest BCUT2D eigenvalue weighted by atomic mass is 16.2. The average Bonchev–Trinajstić information content (AvgIpc) is 2.56. The van der Waals surface area contributed by atoms with E-state index in [1.165, 1.54) is 0 Å². The van der Waals surface area contributed by atoms with Crippen molar-refractivity contribution in [3.63, 3.8) is 0 Å². The Balaban J connectivity index is 3.10. The van der Waals surface area contributed by atoms with E-state index >= 15 is 0 Å². The molecule has 0 amide bonds. The molecule has 2 rings (SSSR count). The Hall–Kier alpha value is -1.85. The fourth-order valence-corrected chi connectivity index (χ4v) is 0.965. The first-order chi connectivity index (χ1) is 8.64. The molecule has 2 aromatic rings. The molecule has 0 saturated heterocycles. The van der Waals surface area contributed by atoms with E-state index in [9.17, 15) is 9.59 Å². The van der Waals surface area contributed by atoms with Crippen LogP contribution in [-0.2, 0) is 14.0 Å². The number of nitrogens with one attached hydrogen (secondary N) is 1.